The monoisotopic (exact) mass is 277 g/mol. The van der Waals surface area contributed by atoms with Gasteiger partial charge in [0.25, 0.3) is 0 Å². The van der Waals surface area contributed by atoms with Gasteiger partial charge in [-0.25, -0.2) is 4.98 Å². The quantitative estimate of drug-likeness (QED) is 0.825. The van der Waals surface area contributed by atoms with E-state index < -0.39 is 17.8 Å². The molecule has 0 spiro atoms. The zero-order valence-corrected chi connectivity index (χ0v) is 11.7. The number of pyridine rings is 1. The molecule has 0 aromatic carbocycles. The van der Waals surface area contributed by atoms with E-state index in [0.29, 0.717) is 12.1 Å². The molecule has 0 aliphatic heterocycles. The van der Waals surface area contributed by atoms with Crippen LogP contribution in [0.15, 0.2) is 18.3 Å². The van der Waals surface area contributed by atoms with Crippen molar-refractivity contribution in [2.45, 2.75) is 20.3 Å². The summed E-state index contributed by atoms with van der Waals surface area (Å²) in [4.78, 5) is 28.9. The van der Waals surface area contributed by atoms with Crippen molar-refractivity contribution < 1.29 is 14.7 Å². The van der Waals surface area contributed by atoms with Crippen molar-refractivity contribution in [2.24, 2.45) is 11.8 Å². The maximum Gasteiger partial charge on any atom is 0.307 e. The Morgan fingerprint density at radius 3 is 2.50 bits per heavy atom. The van der Waals surface area contributed by atoms with Crippen molar-refractivity contribution in [1.82, 2.24) is 4.98 Å². The second kappa shape index (κ2) is 5.90. The van der Waals surface area contributed by atoms with Gasteiger partial charge in [-0.3, -0.25) is 9.59 Å². The molecular weight excluding hydrogens is 258 g/mol. The average Bonchev–Trinajstić information content (AvgIpc) is 3.22. The lowest BCUT2D eigenvalue weighted by molar-refractivity contribution is -0.139. The van der Waals surface area contributed by atoms with Gasteiger partial charge in [-0.1, -0.05) is 0 Å². The van der Waals surface area contributed by atoms with E-state index in [0.717, 1.165) is 18.9 Å². The van der Waals surface area contributed by atoms with Gasteiger partial charge in [-0.15, -0.1) is 0 Å². The molecule has 1 saturated carbocycles. The summed E-state index contributed by atoms with van der Waals surface area (Å²) in [5.41, 5.74) is 0.599. The molecule has 1 aliphatic carbocycles. The molecule has 20 heavy (non-hydrogen) atoms. The summed E-state index contributed by atoms with van der Waals surface area (Å²) < 4.78 is 0. The fraction of sp³-hybridized carbons (Fsp3) is 0.500. The highest BCUT2D eigenvalue weighted by atomic mass is 16.4. The second-order valence-corrected chi connectivity index (χ2v) is 4.85. The molecule has 6 heteroatoms. The Morgan fingerprint density at radius 2 is 2.05 bits per heavy atom. The number of carbonyl (C=O) groups excluding carboxylic acids is 1. The number of anilines is 2. The first kappa shape index (κ1) is 14.3. The summed E-state index contributed by atoms with van der Waals surface area (Å²) in [7, 11) is 0. The molecule has 0 unspecified atom stereocenters. The Bertz CT molecular complexity index is 497. The zero-order chi connectivity index (χ0) is 14.7. The highest BCUT2D eigenvalue weighted by molar-refractivity contribution is 5.98. The van der Waals surface area contributed by atoms with Crippen molar-refractivity contribution in [3.63, 3.8) is 0 Å². The highest BCUT2D eigenvalue weighted by Gasteiger charge is 2.48. The number of rotatable bonds is 6. The normalized spacial score (nSPS) is 20.3. The van der Waals surface area contributed by atoms with Crippen LogP contribution in [0.2, 0.25) is 0 Å². The van der Waals surface area contributed by atoms with Gasteiger partial charge in [0.15, 0.2) is 0 Å². The molecule has 1 aromatic rings. The van der Waals surface area contributed by atoms with Crippen molar-refractivity contribution in [3.05, 3.63) is 18.3 Å². The molecule has 6 nitrogen and oxygen atoms in total. The van der Waals surface area contributed by atoms with Crippen molar-refractivity contribution >= 4 is 23.4 Å². The fourth-order valence-electron chi connectivity index (χ4n) is 2.19. The Kier molecular flexibility index (Phi) is 4.22. The molecule has 0 bridgehead atoms. The minimum absolute atomic E-state index is 0.241. The van der Waals surface area contributed by atoms with E-state index in [1.807, 2.05) is 6.07 Å². The van der Waals surface area contributed by atoms with Gasteiger partial charge in [0.1, 0.15) is 5.82 Å². The van der Waals surface area contributed by atoms with E-state index in [1.54, 1.807) is 12.3 Å². The van der Waals surface area contributed by atoms with Crippen LogP contribution in [-0.2, 0) is 9.59 Å². The smallest absolute Gasteiger partial charge is 0.307 e. The molecule has 1 aromatic heterocycles. The standard InChI is InChI=1S/C14H19N3O3/c1-3-17(4-2)12-6-5-9(8-15-12)16-13(18)10-7-11(10)14(19)20/h5-6,8,10-11H,3-4,7H2,1-2H3,(H,16,18)(H,19,20)/t10-,11+/m1/s1. The summed E-state index contributed by atoms with van der Waals surface area (Å²) in [6.45, 7) is 5.86. The van der Waals surface area contributed by atoms with Gasteiger partial charge in [0.2, 0.25) is 5.91 Å². The number of carboxylic acids is 1. The second-order valence-electron chi connectivity index (χ2n) is 4.85. The van der Waals surface area contributed by atoms with Crippen molar-refractivity contribution in [2.75, 3.05) is 23.3 Å². The van der Waals surface area contributed by atoms with Gasteiger partial charge >= 0.3 is 5.97 Å². The maximum atomic E-state index is 11.8. The Labute approximate surface area is 117 Å². The van der Waals surface area contributed by atoms with E-state index in [-0.39, 0.29) is 5.91 Å². The van der Waals surface area contributed by atoms with E-state index in [2.05, 4.69) is 29.0 Å². The van der Waals surface area contributed by atoms with Crippen LogP contribution in [0.5, 0.6) is 0 Å². The SMILES string of the molecule is CCN(CC)c1ccc(NC(=O)[C@@H]2C[C@@H]2C(=O)O)cn1. The van der Waals surface area contributed by atoms with Crippen LogP contribution in [0.1, 0.15) is 20.3 Å². The molecule has 2 rings (SSSR count). The topological polar surface area (TPSA) is 82.5 Å². The third-order valence-corrected chi connectivity index (χ3v) is 3.55. The van der Waals surface area contributed by atoms with Gasteiger partial charge in [0, 0.05) is 13.1 Å². The lowest BCUT2D eigenvalue weighted by atomic mass is 10.3. The summed E-state index contributed by atoms with van der Waals surface area (Å²) in [6, 6.07) is 3.64. The van der Waals surface area contributed by atoms with Crippen LogP contribution in [0, 0.1) is 11.8 Å². The Balaban J connectivity index is 1.94. The van der Waals surface area contributed by atoms with E-state index in [4.69, 9.17) is 5.11 Å². The van der Waals surface area contributed by atoms with Gasteiger partial charge in [-0.05, 0) is 32.4 Å². The zero-order valence-electron chi connectivity index (χ0n) is 11.7. The number of hydrogen-bond acceptors (Lipinski definition) is 4. The average molecular weight is 277 g/mol. The number of hydrogen-bond donors (Lipinski definition) is 2. The molecule has 0 saturated heterocycles. The Hall–Kier alpha value is -2.11. The van der Waals surface area contributed by atoms with Gasteiger partial charge in [0.05, 0.1) is 23.7 Å². The lowest BCUT2D eigenvalue weighted by Crippen LogP contribution is -2.23. The van der Waals surface area contributed by atoms with Crippen molar-refractivity contribution in [1.29, 1.82) is 0 Å². The molecule has 1 amide bonds. The molecule has 1 fully saturated rings. The first-order chi connectivity index (χ1) is 9.56. The van der Waals surface area contributed by atoms with Crippen LogP contribution in [0.4, 0.5) is 11.5 Å². The molecule has 108 valence electrons. The summed E-state index contributed by atoms with van der Waals surface area (Å²) in [5.74, 6) is -1.22. The number of nitrogens with zero attached hydrogens (tertiary/aromatic N) is 2. The van der Waals surface area contributed by atoms with E-state index in [9.17, 15) is 9.59 Å². The molecule has 2 N–H and O–H groups in total. The minimum Gasteiger partial charge on any atom is -0.481 e. The number of aromatic nitrogens is 1. The third-order valence-electron chi connectivity index (χ3n) is 3.55. The maximum absolute atomic E-state index is 11.8. The van der Waals surface area contributed by atoms with Crippen LogP contribution in [0.3, 0.4) is 0 Å². The minimum atomic E-state index is -0.903. The van der Waals surface area contributed by atoms with E-state index in [1.165, 1.54) is 0 Å². The number of carboxylic acid groups (broad SMARTS) is 1. The number of carbonyl (C=O) groups is 2. The van der Waals surface area contributed by atoms with E-state index >= 15 is 0 Å². The molecule has 1 aliphatic rings. The first-order valence-electron chi connectivity index (χ1n) is 6.81. The lowest BCUT2D eigenvalue weighted by Gasteiger charge is -2.19. The van der Waals surface area contributed by atoms with Gasteiger partial charge < -0.3 is 15.3 Å². The summed E-state index contributed by atoms with van der Waals surface area (Å²) >= 11 is 0. The van der Waals surface area contributed by atoms with Crippen LogP contribution in [0.25, 0.3) is 0 Å². The Morgan fingerprint density at radius 1 is 1.35 bits per heavy atom. The summed E-state index contributed by atoms with van der Waals surface area (Å²) in [5, 5.41) is 11.5. The number of aliphatic carboxylic acids is 1. The highest BCUT2D eigenvalue weighted by Crippen LogP contribution is 2.39. The summed E-state index contributed by atoms with van der Waals surface area (Å²) in [6.07, 6.45) is 2.02. The predicted octanol–water partition coefficient (Wildman–Crippen LogP) is 1.59. The van der Waals surface area contributed by atoms with Crippen LogP contribution >= 0.6 is 0 Å². The van der Waals surface area contributed by atoms with Gasteiger partial charge in [-0.2, -0.15) is 0 Å². The fourth-order valence-corrected chi connectivity index (χ4v) is 2.19. The molecule has 0 radical (unpaired) electrons. The number of nitrogens with one attached hydrogen (secondary N) is 1. The van der Waals surface area contributed by atoms with Crippen molar-refractivity contribution in [3.8, 4) is 0 Å². The van der Waals surface area contributed by atoms with Crippen LogP contribution < -0.4 is 10.2 Å². The van der Waals surface area contributed by atoms with Crippen LogP contribution in [-0.4, -0.2) is 35.1 Å². The molecular formula is C14H19N3O3. The molecule has 1 heterocycles. The predicted molar refractivity (Wildman–Crippen MR) is 75.7 cm³/mol. The third kappa shape index (κ3) is 3.07. The number of amides is 1. The molecule has 2 atom stereocenters. The first-order valence-corrected chi connectivity index (χ1v) is 6.81. The largest absolute Gasteiger partial charge is 0.481 e.